The third kappa shape index (κ3) is 4.33. The SMILES string of the molecule is O=C(N[C@@H]1COCC[C@H]1Oc1ccc(CO)cc1)c1ncc(F)cc1F. The largest absolute Gasteiger partial charge is 0.488 e. The van der Waals surface area contributed by atoms with E-state index < -0.39 is 29.3 Å². The molecule has 3 rings (SSSR count). The number of aliphatic hydroxyl groups excluding tert-OH is 1. The normalized spacial score (nSPS) is 19.8. The Morgan fingerprint density at radius 2 is 2.12 bits per heavy atom. The fraction of sp³-hybridized carbons (Fsp3) is 0.333. The Bertz CT molecular complexity index is 770. The van der Waals surface area contributed by atoms with Crippen LogP contribution in [0.15, 0.2) is 36.5 Å². The second-order valence-electron chi connectivity index (χ2n) is 5.89. The summed E-state index contributed by atoms with van der Waals surface area (Å²) in [6, 6.07) is 7.01. The Morgan fingerprint density at radius 3 is 2.81 bits per heavy atom. The summed E-state index contributed by atoms with van der Waals surface area (Å²) >= 11 is 0. The van der Waals surface area contributed by atoms with Crippen molar-refractivity contribution in [3.63, 3.8) is 0 Å². The molecule has 8 heteroatoms. The van der Waals surface area contributed by atoms with Gasteiger partial charge in [-0.3, -0.25) is 4.79 Å². The first-order valence-electron chi connectivity index (χ1n) is 8.13. The number of amides is 1. The average molecular weight is 364 g/mol. The highest BCUT2D eigenvalue weighted by Gasteiger charge is 2.30. The quantitative estimate of drug-likeness (QED) is 0.846. The lowest BCUT2D eigenvalue weighted by Gasteiger charge is -2.32. The number of ether oxygens (including phenoxy) is 2. The Balaban J connectivity index is 1.68. The fourth-order valence-corrected chi connectivity index (χ4v) is 2.66. The summed E-state index contributed by atoms with van der Waals surface area (Å²) in [5.41, 5.74) is 0.273. The van der Waals surface area contributed by atoms with Crippen molar-refractivity contribution in [3.05, 3.63) is 59.4 Å². The predicted octanol–water partition coefficient (Wildman–Crippen LogP) is 1.82. The first-order chi connectivity index (χ1) is 12.6. The van der Waals surface area contributed by atoms with Gasteiger partial charge in [0.2, 0.25) is 0 Å². The molecule has 138 valence electrons. The Labute approximate surface area is 148 Å². The molecule has 26 heavy (non-hydrogen) atoms. The summed E-state index contributed by atoms with van der Waals surface area (Å²) in [7, 11) is 0. The predicted molar refractivity (Wildman–Crippen MR) is 87.6 cm³/mol. The van der Waals surface area contributed by atoms with Gasteiger partial charge >= 0.3 is 0 Å². The van der Waals surface area contributed by atoms with Crippen LogP contribution in [0.1, 0.15) is 22.5 Å². The lowest BCUT2D eigenvalue weighted by molar-refractivity contribution is -0.00301. The van der Waals surface area contributed by atoms with Gasteiger partial charge in [0.1, 0.15) is 17.7 Å². The number of carbonyl (C=O) groups is 1. The minimum atomic E-state index is -1.03. The molecule has 0 aliphatic carbocycles. The molecule has 0 bridgehead atoms. The molecule has 1 aliphatic heterocycles. The highest BCUT2D eigenvalue weighted by Crippen LogP contribution is 2.19. The lowest BCUT2D eigenvalue weighted by atomic mass is 10.1. The van der Waals surface area contributed by atoms with Crippen molar-refractivity contribution in [1.82, 2.24) is 10.3 Å². The number of aromatic nitrogens is 1. The lowest BCUT2D eigenvalue weighted by Crippen LogP contribution is -2.52. The van der Waals surface area contributed by atoms with E-state index in [2.05, 4.69) is 10.3 Å². The molecule has 1 amide bonds. The van der Waals surface area contributed by atoms with Crippen molar-refractivity contribution in [2.75, 3.05) is 13.2 Å². The number of benzene rings is 1. The van der Waals surface area contributed by atoms with Gasteiger partial charge in [0.05, 0.1) is 32.1 Å². The number of aliphatic hydroxyl groups is 1. The highest BCUT2D eigenvalue weighted by atomic mass is 19.1. The second kappa shape index (κ2) is 8.20. The smallest absolute Gasteiger partial charge is 0.273 e. The van der Waals surface area contributed by atoms with Crippen molar-refractivity contribution in [3.8, 4) is 5.75 Å². The van der Waals surface area contributed by atoms with Crippen molar-refractivity contribution >= 4 is 5.91 Å². The number of rotatable bonds is 5. The molecule has 0 unspecified atom stereocenters. The molecule has 2 aromatic rings. The zero-order valence-electron chi connectivity index (χ0n) is 13.8. The minimum Gasteiger partial charge on any atom is -0.488 e. The Hall–Kier alpha value is -2.58. The summed E-state index contributed by atoms with van der Waals surface area (Å²) in [5, 5.41) is 11.7. The molecule has 1 saturated heterocycles. The van der Waals surface area contributed by atoms with Gasteiger partial charge in [-0.05, 0) is 17.7 Å². The van der Waals surface area contributed by atoms with E-state index in [0.717, 1.165) is 11.8 Å². The van der Waals surface area contributed by atoms with E-state index in [0.29, 0.717) is 24.8 Å². The van der Waals surface area contributed by atoms with Crippen LogP contribution in [-0.2, 0) is 11.3 Å². The second-order valence-corrected chi connectivity index (χ2v) is 5.89. The summed E-state index contributed by atoms with van der Waals surface area (Å²) in [4.78, 5) is 15.8. The molecular weight excluding hydrogens is 346 g/mol. The van der Waals surface area contributed by atoms with E-state index in [1.807, 2.05) is 0 Å². The molecular formula is C18H18F2N2O4. The Kier molecular flexibility index (Phi) is 5.75. The van der Waals surface area contributed by atoms with Gasteiger partial charge < -0.3 is 19.9 Å². The van der Waals surface area contributed by atoms with E-state index in [1.54, 1.807) is 24.3 Å². The molecule has 0 radical (unpaired) electrons. The van der Waals surface area contributed by atoms with E-state index >= 15 is 0 Å². The number of nitrogens with zero attached hydrogens (tertiary/aromatic N) is 1. The highest BCUT2D eigenvalue weighted by molar-refractivity contribution is 5.92. The topological polar surface area (TPSA) is 80.7 Å². The molecule has 6 nitrogen and oxygen atoms in total. The van der Waals surface area contributed by atoms with Gasteiger partial charge in [-0.1, -0.05) is 12.1 Å². The molecule has 1 fully saturated rings. The van der Waals surface area contributed by atoms with Crippen molar-refractivity contribution in [1.29, 1.82) is 0 Å². The van der Waals surface area contributed by atoms with E-state index in [-0.39, 0.29) is 19.3 Å². The molecule has 1 aliphatic rings. The molecule has 1 aromatic carbocycles. The van der Waals surface area contributed by atoms with Gasteiger partial charge in [0.15, 0.2) is 11.5 Å². The third-order valence-electron chi connectivity index (χ3n) is 4.03. The summed E-state index contributed by atoms with van der Waals surface area (Å²) < 4.78 is 37.9. The summed E-state index contributed by atoms with van der Waals surface area (Å²) in [6.07, 6.45) is 0.939. The van der Waals surface area contributed by atoms with E-state index in [4.69, 9.17) is 14.6 Å². The number of hydrogen-bond acceptors (Lipinski definition) is 5. The van der Waals surface area contributed by atoms with Gasteiger partial charge in [-0.2, -0.15) is 0 Å². The number of pyridine rings is 1. The van der Waals surface area contributed by atoms with Gasteiger partial charge in [-0.25, -0.2) is 13.8 Å². The first kappa shape index (κ1) is 18.2. The van der Waals surface area contributed by atoms with Crippen LogP contribution >= 0.6 is 0 Å². The van der Waals surface area contributed by atoms with Crippen LogP contribution in [0.5, 0.6) is 5.75 Å². The number of halogens is 2. The molecule has 0 saturated carbocycles. The van der Waals surface area contributed by atoms with Crippen LogP contribution in [0, 0.1) is 11.6 Å². The van der Waals surface area contributed by atoms with Crippen molar-refractivity contribution in [2.24, 2.45) is 0 Å². The molecule has 2 heterocycles. The van der Waals surface area contributed by atoms with Crippen molar-refractivity contribution in [2.45, 2.75) is 25.2 Å². The first-order valence-corrected chi connectivity index (χ1v) is 8.13. The third-order valence-corrected chi connectivity index (χ3v) is 4.03. The van der Waals surface area contributed by atoms with Crippen LogP contribution < -0.4 is 10.1 Å². The Morgan fingerprint density at radius 1 is 1.35 bits per heavy atom. The molecule has 2 N–H and O–H groups in total. The summed E-state index contributed by atoms with van der Waals surface area (Å²) in [6.45, 7) is 0.606. The minimum absolute atomic E-state index is 0.0630. The van der Waals surface area contributed by atoms with Crippen LogP contribution in [0.4, 0.5) is 8.78 Å². The number of nitrogens with one attached hydrogen (secondary N) is 1. The zero-order chi connectivity index (χ0) is 18.5. The molecule has 2 atom stereocenters. The zero-order valence-corrected chi connectivity index (χ0v) is 13.8. The van der Waals surface area contributed by atoms with Crippen LogP contribution in [-0.4, -0.2) is 41.4 Å². The number of carbonyl (C=O) groups excluding carboxylic acids is 1. The van der Waals surface area contributed by atoms with Crippen molar-refractivity contribution < 1.29 is 28.2 Å². The standard InChI is InChI=1S/C18H18F2N2O4/c19-12-7-14(20)17(21-8-12)18(24)22-15-10-25-6-5-16(15)26-13-3-1-11(9-23)2-4-13/h1-4,7-8,15-16,23H,5-6,9-10H2,(H,22,24)/t15-,16-/m1/s1. The van der Waals surface area contributed by atoms with Crippen LogP contribution in [0.3, 0.4) is 0 Å². The van der Waals surface area contributed by atoms with E-state index in [9.17, 15) is 13.6 Å². The van der Waals surface area contributed by atoms with E-state index in [1.165, 1.54) is 0 Å². The average Bonchev–Trinajstić information content (AvgIpc) is 2.64. The summed E-state index contributed by atoms with van der Waals surface area (Å²) in [5.74, 6) is -2.06. The maximum Gasteiger partial charge on any atom is 0.273 e. The van der Waals surface area contributed by atoms with Gasteiger partial charge in [0.25, 0.3) is 5.91 Å². The molecule has 1 aromatic heterocycles. The molecule has 0 spiro atoms. The van der Waals surface area contributed by atoms with Crippen LogP contribution in [0.25, 0.3) is 0 Å². The van der Waals surface area contributed by atoms with Gasteiger partial charge in [0, 0.05) is 12.5 Å². The van der Waals surface area contributed by atoms with Gasteiger partial charge in [-0.15, -0.1) is 0 Å². The monoisotopic (exact) mass is 364 g/mol. The number of hydrogen-bond donors (Lipinski definition) is 2. The fourth-order valence-electron chi connectivity index (χ4n) is 2.66. The maximum absolute atomic E-state index is 13.7. The maximum atomic E-state index is 13.7. The van der Waals surface area contributed by atoms with Crippen LogP contribution in [0.2, 0.25) is 0 Å².